The minimum atomic E-state index is -0.475. The van der Waals surface area contributed by atoms with Crippen molar-refractivity contribution in [1.82, 2.24) is 4.98 Å². The number of benzene rings is 1. The molecule has 7 heteroatoms. The number of rotatable bonds is 6. The number of pyridine rings is 1. The van der Waals surface area contributed by atoms with E-state index in [4.69, 9.17) is 16.3 Å². The Kier molecular flexibility index (Phi) is 4.94. The summed E-state index contributed by atoms with van der Waals surface area (Å²) in [4.78, 5) is 16.0. The van der Waals surface area contributed by atoms with E-state index >= 15 is 0 Å². The van der Waals surface area contributed by atoms with Gasteiger partial charge in [-0.2, -0.15) is 0 Å². The molecule has 0 saturated heterocycles. The highest BCUT2D eigenvalue weighted by Gasteiger charge is 2.08. The standard InChI is InChI=1S/C14H14ClN3O3/c1-17(14-7-6-11(10-16-14)18(19)20)8-9-21-13-5-3-2-4-12(13)15/h2-7,10H,8-9H2,1H3. The number of hydrogen-bond donors (Lipinski definition) is 0. The lowest BCUT2D eigenvalue weighted by Gasteiger charge is -2.18. The van der Waals surface area contributed by atoms with Gasteiger partial charge >= 0.3 is 0 Å². The molecule has 0 atom stereocenters. The van der Waals surface area contributed by atoms with Crippen molar-refractivity contribution in [3.8, 4) is 5.75 Å². The van der Waals surface area contributed by atoms with Gasteiger partial charge in [0.25, 0.3) is 5.69 Å². The summed E-state index contributed by atoms with van der Waals surface area (Å²) >= 11 is 5.99. The predicted molar refractivity (Wildman–Crippen MR) is 81.1 cm³/mol. The first-order chi connectivity index (χ1) is 10.1. The van der Waals surface area contributed by atoms with E-state index in [0.717, 1.165) is 0 Å². The zero-order valence-electron chi connectivity index (χ0n) is 11.4. The minimum Gasteiger partial charge on any atom is -0.490 e. The van der Waals surface area contributed by atoms with Crippen molar-refractivity contribution in [2.24, 2.45) is 0 Å². The van der Waals surface area contributed by atoms with E-state index < -0.39 is 4.92 Å². The van der Waals surface area contributed by atoms with Gasteiger partial charge in [0.05, 0.1) is 16.5 Å². The molecule has 0 aliphatic heterocycles. The summed E-state index contributed by atoms with van der Waals surface area (Å²) in [5.41, 5.74) is -0.0283. The average molecular weight is 308 g/mol. The van der Waals surface area contributed by atoms with Crippen LogP contribution in [-0.2, 0) is 0 Å². The molecule has 0 unspecified atom stereocenters. The maximum atomic E-state index is 10.6. The van der Waals surface area contributed by atoms with E-state index in [-0.39, 0.29) is 5.69 Å². The van der Waals surface area contributed by atoms with Crippen LogP contribution in [0.15, 0.2) is 42.6 Å². The topological polar surface area (TPSA) is 68.5 Å². The highest BCUT2D eigenvalue weighted by atomic mass is 35.5. The van der Waals surface area contributed by atoms with Gasteiger partial charge in [-0.15, -0.1) is 0 Å². The number of ether oxygens (including phenoxy) is 1. The monoisotopic (exact) mass is 307 g/mol. The van der Waals surface area contributed by atoms with Gasteiger partial charge in [0, 0.05) is 13.1 Å². The molecule has 110 valence electrons. The third kappa shape index (κ3) is 4.06. The van der Waals surface area contributed by atoms with Gasteiger partial charge in [-0.1, -0.05) is 23.7 Å². The van der Waals surface area contributed by atoms with Crippen LogP contribution >= 0.6 is 11.6 Å². The first-order valence-electron chi connectivity index (χ1n) is 6.27. The van der Waals surface area contributed by atoms with E-state index in [1.54, 1.807) is 18.2 Å². The van der Waals surface area contributed by atoms with Crippen molar-refractivity contribution < 1.29 is 9.66 Å². The van der Waals surface area contributed by atoms with E-state index in [1.165, 1.54) is 12.3 Å². The Bertz CT molecular complexity index is 619. The number of anilines is 1. The lowest BCUT2D eigenvalue weighted by molar-refractivity contribution is -0.385. The Hall–Kier alpha value is -2.34. The molecule has 1 heterocycles. The van der Waals surface area contributed by atoms with Crippen molar-refractivity contribution >= 4 is 23.1 Å². The molecular weight excluding hydrogens is 294 g/mol. The van der Waals surface area contributed by atoms with Gasteiger partial charge in [-0.25, -0.2) is 4.98 Å². The first-order valence-corrected chi connectivity index (χ1v) is 6.64. The highest BCUT2D eigenvalue weighted by Crippen LogP contribution is 2.23. The van der Waals surface area contributed by atoms with Gasteiger partial charge in [-0.3, -0.25) is 10.1 Å². The number of aromatic nitrogens is 1. The quantitative estimate of drug-likeness (QED) is 0.605. The Labute approximate surface area is 127 Å². The molecule has 0 amide bonds. The molecule has 0 spiro atoms. The first kappa shape index (κ1) is 15.1. The third-order valence-corrected chi connectivity index (χ3v) is 3.17. The molecule has 2 rings (SSSR count). The summed E-state index contributed by atoms with van der Waals surface area (Å²) in [6.07, 6.45) is 1.24. The van der Waals surface area contributed by atoms with E-state index in [9.17, 15) is 10.1 Å². The van der Waals surface area contributed by atoms with Crippen molar-refractivity contribution in [2.75, 3.05) is 25.1 Å². The lowest BCUT2D eigenvalue weighted by Crippen LogP contribution is -2.24. The SMILES string of the molecule is CN(CCOc1ccccc1Cl)c1ccc([N+](=O)[O-])cn1. The van der Waals surface area contributed by atoms with Crippen molar-refractivity contribution in [3.63, 3.8) is 0 Å². The number of nitrogens with zero attached hydrogens (tertiary/aromatic N) is 3. The smallest absolute Gasteiger partial charge is 0.287 e. The van der Waals surface area contributed by atoms with Crippen LogP contribution < -0.4 is 9.64 Å². The summed E-state index contributed by atoms with van der Waals surface area (Å²) in [5, 5.41) is 11.1. The van der Waals surface area contributed by atoms with Gasteiger partial charge < -0.3 is 9.64 Å². The molecule has 0 bridgehead atoms. The fourth-order valence-electron chi connectivity index (χ4n) is 1.68. The van der Waals surface area contributed by atoms with Crippen LogP contribution in [0.5, 0.6) is 5.75 Å². The summed E-state index contributed by atoms with van der Waals surface area (Å²) < 4.78 is 5.58. The molecule has 0 fully saturated rings. The van der Waals surface area contributed by atoms with Crippen LogP contribution in [0, 0.1) is 10.1 Å². The number of likely N-dealkylation sites (N-methyl/N-ethyl adjacent to an activating group) is 1. The molecule has 1 aromatic heterocycles. The van der Waals surface area contributed by atoms with Crippen LogP contribution in [0.2, 0.25) is 5.02 Å². The van der Waals surface area contributed by atoms with Crippen LogP contribution in [0.25, 0.3) is 0 Å². The second-order valence-corrected chi connectivity index (χ2v) is 4.74. The normalized spacial score (nSPS) is 10.2. The molecule has 6 nitrogen and oxygen atoms in total. The Morgan fingerprint density at radius 3 is 2.71 bits per heavy atom. The van der Waals surface area contributed by atoms with Crippen molar-refractivity contribution in [2.45, 2.75) is 0 Å². The molecule has 0 radical (unpaired) electrons. The molecule has 0 N–H and O–H groups in total. The molecule has 1 aromatic carbocycles. The molecule has 0 aliphatic rings. The molecule has 0 aliphatic carbocycles. The maximum Gasteiger partial charge on any atom is 0.287 e. The maximum absolute atomic E-state index is 10.6. The Morgan fingerprint density at radius 2 is 2.10 bits per heavy atom. The van der Waals surface area contributed by atoms with E-state index in [2.05, 4.69) is 4.98 Å². The number of para-hydroxylation sites is 1. The Balaban J connectivity index is 1.88. The van der Waals surface area contributed by atoms with Crippen molar-refractivity contribution in [1.29, 1.82) is 0 Å². The van der Waals surface area contributed by atoms with Gasteiger partial charge in [0.15, 0.2) is 0 Å². The largest absolute Gasteiger partial charge is 0.490 e. The molecule has 21 heavy (non-hydrogen) atoms. The minimum absolute atomic E-state index is 0.0283. The molecule has 0 saturated carbocycles. The summed E-state index contributed by atoms with van der Waals surface area (Å²) in [6, 6.07) is 10.3. The summed E-state index contributed by atoms with van der Waals surface area (Å²) in [6.45, 7) is 1.01. The summed E-state index contributed by atoms with van der Waals surface area (Å²) in [7, 11) is 1.84. The fraction of sp³-hybridized carbons (Fsp3) is 0.214. The van der Waals surface area contributed by atoms with E-state index in [1.807, 2.05) is 24.1 Å². The third-order valence-electron chi connectivity index (χ3n) is 2.86. The van der Waals surface area contributed by atoms with Gasteiger partial charge in [0.1, 0.15) is 24.4 Å². The van der Waals surface area contributed by atoms with Crippen molar-refractivity contribution in [3.05, 3.63) is 57.7 Å². The van der Waals surface area contributed by atoms with E-state index in [0.29, 0.717) is 29.7 Å². The molecule has 2 aromatic rings. The Morgan fingerprint density at radius 1 is 1.33 bits per heavy atom. The zero-order chi connectivity index (χ0) is 15.2. The predicted octanol–water partition coefficient (Wildman–Crippen LogP) is 3.16. The zero-order valence-corrected chi connectivity index (χ0v) is 12.2. The van der Waals surface area contributed by atoms with Crippen LogP contribution in [0.3, 0.4) is 0 Å². The lowest BCUT2D eigenvalue weighted by atomic mass is 10.3. The number of nitro groups is 1. The molecular formula is C14H14ClN3O3. The second kappa shape index (κ2) is 6.90. The highest BCUT2D eigenvalue weighted by molar-refractivity contribution is 6.32. The van der Waals surface area contributed by atoms with Gasteiger partial charge in [0.2, 0.25) is 0 Å². The number of hydrogen-bond acceptors (Lipinski definition) is 5. The van der Waals surface area contributed by atoms with Gasteiger partial charge in [-0.05, 0) is 18.2 Å². The van der Waals surface area contributed by atoms with Crippen LogP contribution in [0.4, 0.5) is 11.5 Å². The number of halogens is 1. The summed E-state index contributed by atoms with van der Waals surface area (Å²) in [5.74, 6) is 1.27. The second-order valence-electron chi connectivity index (χ2n) is 4.33. The van der Waals surface area contributed by atoms with Crippen LogP contribution in [0.1, 0.15) is 0 Å². The van der Waals surface area contributed by atoms with Crippen LogP contribution in [-0.4, -0.2) is 30.1 Å². The fourth-order valence-corrected chi connectivity index (χ4v) is 1.87. The average Bonchev–Trinajstić information content (AvgIpc) is 2.49.